The van der Waals surface area contributed by atoms with Gasteiger partial charge in [-0.25, -0.2) is 0 Å². The van der Waals surface area contributed by atoms with Gasteiger partial charge in [-0.3, -0.25) is 19.3 Å². The van der Waals surface area contributed by atoms with Crippen LogP contribution in [0.2, 0.25) is 5.02 Å². The highest BCUT2D eigenvalue weighted by atomic mass is 35.5. The number of aliphatic carboxylic acids is 1. The molecule has 5 aromatic rings. The molecule has 0 amide bonds. The number of aryl methyl sites for hydroxylation is 1. The molecule has 0 radical (unpaired) electrons. The standard InChI is InChI=1S/C31H30ClN7O3/c1-2-7-23-17-28(29(40)15-21(16-30(41)42)14-22-8-3-6-11-26(22)32)36-39(23)19-20-12-13-27(33-18-20)24-9-4-5-10-25(24)31-34-37-38-35-31/h3-6,8-13,17-18,21H,2,7,14-16,19H2,1H3,(H,41,42)(H,34,35,37,38)/t21-/m0/s1. The molecule has 0 aliphatic heterocycles. The second-order valence-corrected chi connectivity index (χ2v) is 10.6. The fourth-order valence-corrected chi connectivity index (χ4v) is 5.23. The number of tetrazole rings is 1. The minimum absolute atomic E-state index is 0.0656. The van der Waals surface area contributed by atoms with Gasteiger partial charge in [0.25, 0.3) is 0 Å². The molecular formula is C31H30ClN7O3. The molecule has 0 unspecified atom stereocenters. The molecule has 1 atom stereocenters. The zero-order chi connectivity index (χ0) is 29.5. The lowest BCUT2D eigenvalue weighted by Gasteiger charge is -2.14. The Morgan fingerprint density at radius 3 is 2.50 bits per heavy atom. The van der Waals surface area contributed by atoms with E-state index >= 15 is 0 Å². The van der Waals surface area contributed by atoms with Gasteiger partial charge in [0.15, 0.2) is 5.78 Å². The number of carbonyl (C=O) groups is 2. The van der Waals surface area contributed by atoms with E-state index in [0.717, 1.165) is 46.5 Å². The number of Topliss-reactive ketones (excluding diaryl/α,β-unsaturated/α-hetero) is 1. The second-order valence-electron chi connectivity index (χ2n) is 10.1. The molecule has 0 aliphatic carbocycles. The number of nitrogens with one attached hydrogen (secondary N) is 1. The number of carbonyl (C=O) groups excluding carboxylic acids is 1. The zero-order valence-corrected chi connectivity index (χ0v) is 23.8. The first-order valence-electron chi connectivity index (χ1n) is 13.7. The van der Waals surface area contributed by atoms with Crippen molar-refractivity contribution in [1.29, 1.82) is 0 Å². The quantitative estimate of drug-likeness (QED) is 0.169. The number of aromatic nitrogens is 7. The number of halogens is 1. The van der Waals surface area contributed by atoms with Crippen molar-refractivity contribution in [3.8, 4) is 22.6 Å². The first-order chi connectivity index (χ1) is 20.4. The van der Waals surface area contributed by atoms with Crippen molar-refractivity contribution in [2.24, 2.45) is 5.92 Å². The summed E-state index contributed by atoms with van der Waals surface area (Å²) >= 11 is 6.31. The molecule has 0 saturated heterocycles. The summed E-state index contributed by atoms with van der Waals surface area (Å²) in [7, 11) is 0. The lowest BCUT2D eigenvalue weighted by atomic mass is 9.90. The third-order valence-electron chi connectivity index (χ3n) is 7.01. The van der Waals surface area contributed by atoms with Crippen LogP contribution in [0.25, 0.3) is 22.6 Å². The maximum absolute atomic E-state index is 13.3. The summed E-state index contributed by atoms with van der Waals surface area (Å²) < 4.78 is 1.83. The molecule has 0 aliphatic rings. The fraction of sp³-hybridized carbons (Fsp3) is 0.258. The highest BCUT2D eigenvalue weighted by Gasteiger charge is 2.23. The average molecular weight is 584 g/mol. The molecule has 0 spiro atoms. The number of carboxylic acids is 1. The van der Waals surface area contributed by atoms with E-state index in [9.17, 15) is 14.7 Å². The highest BCUT2D eigenvalue weighted by Crippen LogP contribution is 2.28. The smallest absolute Gasteiger partial charge is 0.303 e. The van der Waals surface area contributed by atoms with Crippen molar-refractivity contribution >= 4 is 23.4 Å². The topological polar surface area (TPSA) is 140 Å². The molecule has 11 heteroatoms. The van der Waals surface area contributed by atoms with Crippen LogP contribution in [0.5, 0.6) is 0 Å². The van der Waals surface area contributed by atoms with E-state index in [4.69, 9.17) is 11.6 Å². The number of ketones is 1. The number of nitrogens with zero attached hydrogens (tertiary/aromatic N) is 6. The van der Waals surface area contributed by atoms with Crippen LogP contribution in [0, 0.1) is 5.92 Å². The van der Waals surface area contributed by atoms with E-state index < -0.39 is 11.9 Å². The van der Waals surface area contributed by atoms with Gasteiger partial charge in [0.1, 0.15) is 5.69 Å². The molecule has 42 heavy (non-hydrogen) atoms. The van der Waals surface area contributed by atoms with Gasteiger partial charge in [0.2, 0.25) is 5.82 Å². The van der Waals surface area contributed by atoms with E-state index in [1.165, 1.54) is 0 Å². The van der Waals surface area contributed by atoms with Gasteiger partial charge in [-0.05, 0) is 53.3 Å². The summed E-state index contributed by atoms with van der Waals surface area (Å²) in [6, 6.07) is 20.8. The van der Waals surface area contributed by atoms with Crippen LogP contribution >= 0.6 is 11.6 Å². The van der Waals surface area contributed by atoms with Crippen molar-refractivity contribution in [3.63, 3.8) is 0 Å². The van der Waals surface area contributed by atoms with Crippen molar-refractivity contribution in [2.75, 3.05) is 0 Å². The maximum atomic E-state index is 13.3. The Balaban J connectivity index is 1.33. The van der Waals surface area contributed by atoms with Crippen LogP contribution in [0.15, 0.2) is 72.9 Å². The van der Waals surface area contributed by atoms with Crippen LogP contribution < -0.4 is 0 Å². The normalized spacial score (nSPS) is 11.9. The molecule has 2 N–H and O–H groups in total. The van der Waals surface area contributed by atoms with Gasteiger partial charge in [-0.1, -0.05) is 73.5 Å². The van der Waals surface area contributed by atoms with E-state index in [-0.39, 0.29) is 18.6 Å². The van der Waals surface area contributed by atoms with E-state index in [0.29, 0.717) is 29.5 Å². The second kappa shape index (κ2) is 13.3. The van der Waals surface area contributed by atoms with Crippen LogP contribution in [-0.4, -0.2) is 52.2 Å². The Kier molecular flexibility index (Phi) is 9.13. The van der Waals surface area contributed by atoms with Gasteiger partial charge in [0, 0.05) is 40.9 Å². The molecule has 5 rings (SSSR count). The molecule has 0 bridgehead atoms. The molecule has 3 heterocycles. The van der Waals surface area contributed by atoms with Crippen LogP contribution in [0.1, 0.15) is 53.5 Å². The van der Waals surface area contributed by atoms with Crippen molar-refractivity contribution in [2.45, 2.75) is 45.6 Å². The first kappa shape index (κ1) is 28.8. The number of hydrogen-bond donors (Lipinski definition) is 2. The minimum Gasteiger partial charge on any atom is -0.481 e. The molecule has 0 fully saturated rings. The summed E-state index contributed by atoms with van der Waals surface area (Å²) in [6.45, 7) is 2.52. The van der Waals surface area contributed by atoms with Crippen molar-refractivity contribution < 1.29 is 14.7 Å². The lowest BCUT2D eigenvalue weighted by Crippen LogP contribution is -2.16. The van der Waals surface area contributed by atoms with Crippen LogP contribution in [0.3, 0.4) is 0 Å². The zero-order valence-electron chi connectivity index (χ0n) is 23.1. The molecular weight excluding hydrogens is 554 g/mol. The first-order valence-corrected chi connectivity index (χ1v) is 14.1. The van der Waals surface area contributed by atoms with Gasteiger partial charge in [-0.15, -0.1) is 10.2 Å². The summed E-state index contributed by atoms with van der Waals surface area (Å²) in [5.74, 6) is -1.04. The van der Waals surface area contributed by atoms with Crippen molar-refractivity contribution in [3.05, 3.63) is 100 Å². The number of hydrogen-bond acceptors (Lipinski definition) is 7. The predicted octanol–water partition coefficient (Wildman–Crippen LogP) is 5.69. The van der Waals surface area contributed by atoms with E-state index in [1.807, 2.05) is 65.3 Å². The summed E-state index contributed by atoms with van der Waals surface area (Å²) in [6.07, 6.45) is 3.77. The molecule has 10 nitrogen and oxygen atoms in total. The largest absolute Gasteiger partial charge is 0.481 e. The number of pyridine rings is 1. The molecule has 0 saturated carbocycles. The molecule has 214 valence electrons. The molecule has 2 aromatic carbocycles. The van der Waals surface area contributed by atoms with Gasteiger partial charge >= 0.3 is 5.97 Å². The Morgan fingerprint density at radius 2 is 1.81 bits per heavy atom. The number of carboxylic acid groups (broad SMARTS) is 1. The highest BCUT2D eigenvalue weighted by molar-refractivity contribution is 6.31. The minimum atomic E-state index is -0.951. The third kappa shape index (κ3) is 6.95. The van der Waals surface area contributed by atoms with E-state index in [2.05, 4.69) is 37.6 Å². The summed E-state index contributed by atoms with van der Waals surface area (Å²) in [5.41, 5.74) is 5.51. The Bertz CT molecular complexity index is 1670. The van der Waals surface area contributed by atoms with Gasteiger partial charge in [0.05, 0.1) is 12.2 Å². The average Bonchev–Trinajstić information content (AvgIpc) is 3.66. The van der Waals surface area contributed by atoms with Gasteiger partial charge < -0.3 is 5.11 Å². The fourth-order valence-electron chi connectivity index (χ4n) is 5.02. The Morgan fingerprint density at radius 1 is 1.02 bits per heavy atom. The van der Waals surface area contributed by atoms with Crippen LogP contribution in [0.4, 0.5) is 0 Å². The summed E-state index contributed by atoms with van der Waals surface area (Å²) in [5, 5.41) is 29.0. The Labute approximate surface area is 247 Å². The number of rotatable bonds is 13. The maximum Gasteiger partial charge on any atom is 0.303 e. The van der Waals surface area contributed by atoms with Crippen molar-refractivity contribution in [1.82, 2.24) is 35.4 Å². The monoisotopic (exact) mass is 583 g/mol. The summed E-state index contributed by atoms with van der Waals surface area (Å²) in [4.78, 5) is 29.6. The third-order valence-corrected chi connectivity index (χ3v) is 7.37. The Hall–Kier alpha value is -4.70. The van der Waals surface area contributed by atoms with E-state index in [1.54, 1.807) is 12.3 Å². The number of aromatic amines is 1. The SMILES string of the molecule is CCCc1cc(C(=O)C[C@@H](CC(=O)O)Cc2ccccc2Cl)nn1Cc1ccc(-c2ccccc2-c2nn[nH]n2)nc1. The number of H-pyrrole nitrogens is 1. The molecule has 3 aromatic heterocycles. The van der Waals surface area contributed by atoms with Crippen LogP contribution in [-0.2, 0) is 24.2 Å². The number of benzene rings is 2. The lowest BCUT2D eigenvalue weighted by molar-refractivity contribution is -0.138. The predicted molar refractivity (Wildman–Crippen MR) is 158 cm³/mol. The van der Waals surface area contributed by atoms with Gasteiger partial charge in [-0.2, -0.15) is 10.3 Å².